The molecule has 0 aliphatic carbocycles. The van der Waals surface area contributed by atoms with Crippen LogP contribution in [0.1, 0.15) is 59.3 Å². The van der Waals surface area contributed by atoms with Crippen LogP contribution in [0.5, 0.6) is 0 Å². The second kappa shape index (κ2) is 8.65. The fraction of sp³-hybridized carbons (Fsp3) is 0.750. The molecule has 1 rings (SSSR count). The van der Waals surface area contributed by atoms with Gasteiger partial charge in [-0.25, -0.2) is 0 Å². The summed E-state index contributed by atoms with van der Waals surface area (Å²) in [6, 6.07) is 0. The summed E-state index contributed by atoms with van der Waals surface area (Å²) in [4.78, 5) is 24.4. The number of amides is 2. The summed E-state index contributed by atoms with van der Waals surface area (Å²) >= 11 is -2.59. The third kappa shape index (κ3) is 4.21. The van der Waals surface area contributed by atoms with Crippen LogP contribution in [0.15, 0.2) is 12.2 Å². The molecular formula is C16H29GeNO2. The molecule has 0 aromatic carbocycles. The summed E-state index contributed by atoms with van der Waals surface area (Å²) in [7, 11) is 0. The molecule has 114 valence electrons. The number of unbranched alkanes of at least 4 members (excludes halogenated alkanes) is 3. The molecule has 0 fully saturated rings. The summed E-state index contributed by atoms with van der Waals surface area (Å²) in [5.41, 5.74) is 0. The van der Waals surface area contributed by atoms with Gasteiger partial charge in [0.05, 0.1) is 0 Å². The van der Waals surface area contributed by atoms with E-state index in [-0.39, 0.29) is 11.8 Å². The van der Waals surface area contributed by atoms with Crippen LogP contribution in [0.25, 0.3) is 0 Å². The van der Waals surface area contributed by atoms with Crippen LogP contribution < -0.4 is 0 Å². The van der Waals surface area contributed by atoms with Gasteiger partial charge in [-0.15, -0.1) is 0 Å². The molecule has 0 atom stereocenters. The second-order valence-electron chi connectivity index (χ2n) is 5.88. The van der Waals surface area contributed by atoms with Crippen molar-refractivity contribution in [3.63, 3.8) is 0 Å². The number of imide groups is 1. The van der Waals surface area contributed by atoms with Crippen LogP contribution in [-0.2, 0) is 9.59 Å². The van der Waals surface area contributed by atoms with E-state index in [9.17, 15) is 9.59 Å². The third-order valence-electron chi connectivity index (χ3n) is 4.27. The van der Waals surface area contributed by atoms with Crippen molar-refractivity contribution >= 4 is 25.3 Å². The zero-order valence-corrected chi connectivity index (χ0v) is 15.4. The van der Waals surface area contributed by atoms with Crippen molar-refractivity contribution in [3.8, 4) is 0 Å². The van der Waals surface area contributed by atoms with Crippen molar-refractivity contribution < 1.29 is 9.59 Å². The normalized spacial score (nSPS) is 15.4. The number of carbonyl (C=O) groups is 2. The zero-order chi connectivity index (χ0) is 15.0. The summed E-state index contributed by atoms with van der Waals surface area (Å²) in [6.45, 7) is 6.58. The Morgan fingerprint density at radius 2 is 1.15 bits per heavy atom. The standard InChI is InChI=1S/C16H29GeNO2/c1-4-7-12-17(13-8-5-2,14-9-6-3)18-15(19)10-11-16(18)20/h10-11H,4-9,12-14H2,1-3H3. The van der Waals surface area contributed by atoms with Gasteiger partial charge in [0.15, 0.2) is 0 Å². The van der Waals surface area contributed by atoms with Gasteiger partial charge in [-0.1, -0.05) is 0 Å². The van der Waals surface area contributed by atoms with E-state index in [1.807, 2.05) is 0 Å². The van der Waals surface area contributed by atoms with E-state index in [2.05, 4.69) is 20.8 Å². The first kappa shape index (κ1) is 17.5. The first-order valence-electron chi connectivity index (χ1n) is 8.17. The molecule has 1 aliphatic heterocycles. The Morgan fingerprint density at radius 1 is 0.800 bits per heavy atom. The van der Waals surface area contributed by atoms with Crippen LogP contribution in [0, 0.1) is 0 Å². The molecule has 20 heavy (non-hydrogen) atoms. The molecular weight excluding hydrogens is 311 g/mol. The Balaban J connectivity index is 2.98. The van der Waals surface area contributed by atoms with E-state index in [1.165, 1.54) is 12.2 Å². The minimum absolute atomic E-state index is 0.0293. The fourth-order valence-corrected chi connectivity index (χ4v) is 14.7. The number of hydrogen-bond acceptors (Lipinski definition) is 2. The monoisotopic (exact) mass is 341 g/mol. The van der Waals surface area contributed by atoms with Crippen molar-refractivity contribution in [1.82, 2.24) is 3.86 Å². The molecule has 0 saturated heterocycles. The quantitative estimate of drug-likeness (QED) is 0.440. The molecule has 0 saturated carbocycles. The van der Waals surface area contributed by atoms with Crippen LogP contribution in [0.2, 0.25) is 15.8 Å². The molecule has 0 spiro atoms. The van der Waals surface area contributed by atoms with Gasteiger partial charge in [0.2, 0.25) is 0 Å². The van der Waals surface area contributed by atoms with E-state index in [0.29, 0.717) is 0 Å². The Kier molecular flexibility index (Phi) is 7.56. The van der Waals surface area contributed by atoms with E-state index in [4.69, 9.17) is 0 Å². The van der Waals surface area contributed by atoms with E-state index < -0.39 is 13.5 Å². The fourth-order valence-electron chi connectivity index (χ4n) is 3.10. The molecule has 2 amide bonds. The van der Waals surface area contributed by atoms with Crippen molar-refractivity contribution in [3.05, 3.63) is 12.2 Å². The summed E-state index contributed by atoms with van der Waals surface area (Å²) < 4.78 is 1.75. The van der Waals surface area contributed by atoms with E-state index in [0.717, 1.165) is 54.3 Å². The van der Waals surface area contributed by atoms with Crippen molar-refractivity contribution in [2.75, 3.05) is 0 Å². The van der Waals surface area contributed by atoms with Crippen molar-refractivity contribution in [1.29, 1.82) is 0 Å². The number of carbonyl (C=O) groups excluding carboxylic acids is 2. The molecule has 1 aliphatic rings. The van der Waals surface area contributed by atoms with Crippen LogP contribution >= 0.6 is 0 Å². The topological polar surface area (TPSA) is 37.4 Å². The van der Waals surface area contributed by atoms with Crippen molar-refractivity contribution in [2.45, 2.75) is 75.1 Å². The molecule has 3 nitrogen and oxygen atoms in total. The van der Waals surface area contributed by atoms with Crippen molar-refractivity contribution in [2.24, 2.45) is 0 Å². The van der Waals surface area contributed by atoms with Gasteiger partial charge in [0.1, 0.15) is 0 Å². The summed E-state index contributed by atoms with van der Waals surface area (Å²) in [5, 5.41) is 3.40. The Morgan fingerprint density at radius 3 is 1.45 bits per heavy atom. The van der Waals surface area contributed by atoms with Crippen LogP contribution in [-0.4, -0.2) is 29.2 Å². The number of rotatable bonds is 10. The SMILES string of the molecule is CCC[CH2][Ge]([CH2]CCC)([CH2]CCC)[N]1C(=O)C=CC1=O. The van der Waals surface area contributed by atoms with Crippen LogP contribution in [0.3, 0.4) is 0 Å². The molecule has 1 heterocycles. The average Bonchev–Trinajstić information content (AvgIpc) is 2.79. The maximum atomic E-state index is 12.2. The molecule has 0 radical (unpaired) electrons. The molecule has 0 aromatic rings. The molecule has 0 aromatic heterocycles. The van der Waals surface area contributed by atoms with Gasteiger partial charge in [0.25, 0.3) is 0 Å². The first-order chi connectivity index (χ1) is 9.61. The van der Waals surface area contributed by atoms with Gasteiger partial charge < -0.3 is 0 Å². The van der Waals surface area contributed by atoms with Gasteiger partial charge in [-0.05, 0) is 0 Å². The predicted molar refractivity (Wildman–Crippen MR) is 85.9 cm³/mol. The Hall–Kier alpha value is -0.577. The Bertz CT molecular complexity index is 326. The zero-order valence-electron chi connectivity index (χ0n) is 13.3. The van der Waals surface area contributed by atoms with Gasteiger partial charge in [0, 0.05) is 0 Å². The predicted octanol–water partition coefficient (Wildman–Crippen LogP) is 4.26. The molecule has 4 heteroatoms. The third-order valence-corrected chi connectivity index (χ3v) is 15.3. The second-order valence-corrected chi connectivity index (χ2v) is 15.1. The summed E-state index contributed by atoms with van der Waals surface area (Å²) in [5.74, 6) is -0.0587. The van der Waals surface area contributed by atoms with E-state index >= 15 is 0 Å². The Labute approximate surface area is 126 Å². The van der Waals surface area contributed by atoms with Gasteiger partial charge >= 0.3 is 126 Å². The van der Waals surface area contributed by atoms with Gasteiger partial charge in [-0.3, -0.25) is 0 Å². The molecule has 0 N–H and O–H groups in total. The average molecular weight is 340 g/mol. The van der Waals surface area contributed by atoms with Crippen LogP contribution in [0.4, 0.5) is 0 Å². The number of hydrogen-bond donors (Lipinski definition) is 0. The maximum absolute atomic E-state index is 12.2. The van der Waals surface area contributed by atoms with E-state index in [1.54, 1.807) is 3.86 Å². The minimum atomic E-state index is -2.59. The summed E-state index contributed by atoms with van der Waals surface area (Å²) in [6.07, 6.45) is 9.87. The first-order valence-corrected chi connectivity index (χ1v) is 13.6. The van der Waals surface area contributed by atoms with Gasteiger partial charge in [-0.2, -0.15) is 0 Å². The molecule has 0 bridgehead atoms. The number of nitrogens with zero attached hydrogens (tertiary/aromatic N) is 1. The molecule has 0 unspecified atom stereocenters.